The number of hydrogen-bond donors (Lipinski definition) is 1. The molecule has 14 heavy (non-hydrogen) atoms. The molecule has 0 saturated heterocycles. The summed E-state index contributed by atoms with van der Waals surface area (Å²) >= 11 is 3.43. The minimum absolute atomic E-state index is 0.419. The van der Waals surface area contributed by atoms with Crippen molar-refractivity contribution in [1.29, 1.82) is 0 Å². The molecule has 0 bridgehead atoms. The number of hydrogen-bond acceptors (Lipinski definition) is 1. The lowest BCUT2D eigenvalue weighted by Gasteiger charge is -1.93. The molecule has 2 aliphatic rings. The molecule has 72 valence electrons. The summed E-state index contributed by atoms with van der Waals surface area (Å²) in [6.45, 7) is 3.89. The largest absolute Gasteiger partial charge is 0.507 e. The van der Waals surface area contributed by atoms with E-state index in [-0.39, 0.29) is 0 Å². The number of rotatable bonds is 0. The fraction of sp³-hybridized carbons (Fsp3) is 0.167. The summed E-state index contributed by atoms with van der Waals surface area (Å²) in [6.07, 6.45) is 0. The van der Waals surface area contributed by atoms with E-state index in [2.05, 4.69) is 15.9 Å². The van der Waals surface area contributed by atoms with E-state index in [1.807, 2.05) is 38.1 Å². The fourth-order valence-electron chi connectivity index (χ4n) is 1.75. The van der Waals surface area contributed by atoms with E-state index in [9.17, 15) is 5.11 Å². The maximum absolute atomic E-state index is 9.77. The first-order chi connectivity index (χ1) is 6.61. The molecule has 0 unspecified atom stereocenters. The van der Waals surface area contributed by atoms with Crippen LogP contribution in [-0.4, -0.2) is 5.11 Å². The van der Waals surface area contributed by atoms with E-state index in [1.165, 1.54) is 0 Å². The van der Waals surface area contributed by atoms with Crippen molar-refractivity contribution in [2.24, 2.45) is 0 Å². The van der Waals surface area contributed by atoms with E-state index in [4.69, 9.17) is 0 Å². The Morgan fingerprint density at radius 2 is 1.36 bits per heavy atom. The second kappa shape index (κ2) is 3.28. The monoisotopic (exact) mass is 250 g/mol. The highest BCUT2D eigenvalue weighted by Gasteiger charge is 2.15. The molecule has 2 aliphatic carbocycles. The molecule has 0 fully saturated rings. The molecule has 0 aromatic rings. The van der Waals surface area contributed by atoms with Gasteiger partial charge < -0.3 is 5.11 Å². The van der Waals surface area contributed by atoms with Gasteiger partial charge in [-0.05, 0) is 48.2 Å². The average molecular weight is 251 g/mol. The van der Waals surface area contributed by atoms with Crippen molar-refractivity contribution < 1.29 is 5.11 Å². The standard InChI is InChI=1S/C12H11BrO/c1-7-10-5-3-9(13)4-6-11(10)8(2)12(7)14/h3-6,14H,1-2H3. The van der Waals surface area contributed by atoms with Crippen LogP contribution in [0.5, 0.6) is 5.75 Å². The van der Waals surface area contributed by atoms with Crippen molar-refractivity contribution in [2.75, 3.05) is 0 Å². The van der Waals surface area contributed by atoms with Crippen LogP contribution in [0, 0.1) is 13.8 Å². The Morgan fingerprint density at radius 3 is 1.79 bits per heavy atom. The summed E-state index contributed by atoms with van der Waals surface area (Å²) in [6, 6.07) is 8.05. The molecular weight excluding hydrogens is 240 g/mol. The second-order valence-corrected chi connectivity index (χ2v) is 4.39. The molecule has 0 aliphatic heterocycles. The van der Waals surface area contributed by atoms with Crippen LogP contribution >= 0.6 is 15.9 Å². The number of fused-ring (bicyclic) bond motifs is 1. The first kappa shape index (κ1) is 9.53. The smallest absolute Gasteiger partial charge is 0.122 e. The summed E-state index contributed by atoms with van der Waals surface area (Å²) < 4.78 is 1.05. The molecule has 0 spiro atoms. The predicted molar refractivity (Wildman–Crippen MR) is 61.9 cm³/mol. The van der Waals surface area contributed by atoms with Gasteiger partial charge in [0.05, 0.1) is 0 Å². The highest BCUT2D eigenvalue weighted by Crippen LogP contribution is 2.39. The molecule has 1 N–H and O–H groups in total. The lowest BCUT2D eigenvalue weighted by molar-refractivity contribution is 0.470. The third-order valence-electron chi connectivity index (χ3n) is 2.63. The molecule has 2 rings (SSSR count). The van der Waals surface area contributed by atoms with Gasteiger partial charge in [-0.3, -0.25) is 0 Å². The van der Waals surface area contributed by atoms with Crippen molar-refractivity contribution in [3.63, 3.8) is 0 Å². The zero-order valence-corrected chi connectivity index (χ0v) is 9.72. The molecule has 0 heterocycles. The third-order valence-corrected chi connectivity index (χ3v) is 3.16. The van der Waals surface area contributed by atoms with E-state index < -0.39 is 0 Å². The summed E-state index contributed by atoms with van der Waals surface area (Å²) in [5.41, 5.74) is 4.15. The van der Waals surface area contributed by atoms with Gasteiger partial charge in [0.2, 0.25) is 0 Å². The van der Waals surface area contributed by atoms with Crippen LogP contribution in [0.2, 0.25) is 0 Å². The summed E-state index contributed by atoms with van der Waals surface area (Å²) in [7, 11) is 0. The van der Waals surface area contributed by atoms with Crippen LogP contribution in [0.4, 0.5) is 0 Å². The van der Waals surface area contributed by atoms with E-state index in [1.54, 1.807) is 0 Å². The van der Waals surface area contributed by atoms with Crippen LogP contribution in [0.3, 0.4) is 0 Å². The summed E-state index contributed by atoms with van der Waals surface area (Å²) in [5.74, 6) is 0.419. The van der Waals surface area contributed by atoms with Gasteiger partial charge in [0.15, 0.2) is 0 Å². The zero-order valence-electron chi connectivity index (χ0n) is 8.13. The minimum Gasteiger partial charge on any atom is -0.507 e. The molecular formula is C12H11BrO. The zero-order chi connectivity index (χ0) is 10.3. The molecule has 0 radical (unpaired) electrons. The Bertz CT molecular complexity index is 423. The minimum atomic E-state index is 0.419. The van der Waals surface area contributed by atoms with E-state index in [0.717, 1.165) is 26.7 Å². The molecule has 0 amide bonds. The van der Waals surface area contributed by atoms with Gasteiger partial charge in [-0.1, -0.05) is 28.1 Å². The predicted octanol–water partition coefficient (Wildman–Crippen LogP) is 3.88. The molecule has 0 atom stereocenters. The maximum Gasteiger partial charge on any atom is 0.122 e. The molecule has 0 aromatic carbocycles. The fourth-order valence-corrected chi connectivity index (χ4v) is 2.02. The molecule has 0 saturated carbocycles. The van der Waals surface area contributed by atoms with E-state index in [0.29, 0.717) is 5.75 Å². The van der Waals surface area contributed by atoms with Crippen molar-refractivity contribution >= 4 is 15.9 Å². The highest BCUT2D eigenvalue weighted by atomic mass is 79.9. The average Bonchev–Trinajstić information content (AvgIpc) is 2.34. The Balaban J connectivity index is 2.84. The summed E-state index contributed by atoms with van der Waals surface area (Å²) in [4.78, 5) is 0. The van der Waals surface area contributed by atoms with Crippen LogP contribution in [-0.2, 0) is 0 Å². The van der Waals surface area contributed by atoms with Crippen molar-refractivity contribution in [3.05, 3.63) is 39.9 Å². The number of aromatic hydroxyl groups is 1. The topological polar surface area (TPSA) is 20.2 Å². The SMILES string of the molecule is Cc1c2ccc(Br)ccc-2c(C)c1O. The van der Waals surface area contributed by atoms with Crippen molar-refractivity contribution in [2.45, 2.75) is 13.8 Å². The Morgan fingerprint density at radius 1 is 0.929 bits per heavy atom. The second-order valence-electron chi connectivity index (χ2n) is 3.48. The third kappa shape index (κ3) is 1.30. The van der Waals surface area contributed by atoms with Gasteiger partial charge in [0.25, 0.3) is 0 Å². The van der Waals surface area contributed by atoms with Crippen LogP contribution in [0.15, 0.2) is 28.7 Å². The van der Waals surface area contributed by atoms with Crippen molar-refractivity contribution in [1.82, 2.24) is 0 Å². The molecule has 0 aromatic heterocycles. The van der Waals surface area contributed by atoms with Crippen molar-refractivity contribution in [3.8, 4) is 16.9 Å². The van der Waals surface area contributed by atoms with Crippen LogP contribution in [0.1, 0.15) is 11.1 Å². The van der Waals surface area contributed by atoms with Gasteiger partial charge in [-0.2, -0.15) is 0 Å². The quantitative estimate of drug-likeness (QED) is 0.753. The van der Waals surface area contributed by atoms with E-state index >= 15 is 0 Å². The first-order valence-electron chi connectivity index (χ1n) is 4.48. The van der Waals surface area contributed by atoms with Gasteiger partial charge in [0.1, 0.15) is 5.75 Å². The lowest BCUT2D eigenvalue weighted by atomic mass is 10.1. The maximum atomic E-state index is 9.77. The number of halogens is 1. The normalized spacial score (nSPS) is 10.8. The molecule has 1 nitrogen and oxygen atoms in total. The van der Waals surface area contributed by atoms with Gasteiger partial charge in [-0.25, -0.2) is 0 Å². The van der Waals surface area contributed by atoms with Gasteiger partial charge >= 0.3 is 0 Å². The van der Waals surface area contributed by atoms with Crippen LogP contribution < -0.4 is 0 Å². The highest BCUT2D eigenvalue weighted by molar-refractivity contribution is 9.10. The lowest BCUT2D eigenvalue weighted by Crippen LogP contribution is -1.70. The van der Waals surface area contributed by atoms with Gasteiger partial charge in [0, 0.05) is 4.47 Å². The Kier molecular flexibility index (Phi) is 2.23. The van der Waals surface area contributed by atoms with Crippen LogP contribution in [0.25, 0.3) is 11.1 Å². The first-order valence-corrected chi connectivity index (χ1v) is 5.28. The Hall–Kier alpha value is -1.02. The molecule has 2 heteroatoms. The summed E-state index contributed by atoms with van der Waals surface area (Å²) in [5, 5.41) is 9.77. The Labute approximate surface area is 91.9 Å². The van der Waals surface area contributed by atoms with Gasteiger partial charge in [-0.15, -0.1) is 0 Å².